The summed E-state index contributed by atoms with van der Waals surface area (Å²) in [7, 11) is 3.76. The molecule has 0 bridgehead atoms. The number of hydrogen-bond acceptors (Lipinski definition) is 3. The lowest BCUT2D eigenvalue weighted by Crippen LogP contribution is -2.46. The van der Waals surface area contributed by atoms with Gasteiger partial charge in [0.05, 0.1) is 7.11 Å². The maximum atomic E-state index is 6.51. The van der Waals surface area contributed by atoms with E-state index in [2.05, 4.69) is 25.4 Å². The molecule has 0 amide bonds. The molecule has 21 heavy (non-hydrogen) atoms. The summed E-state index contributed by atoms with van der Waals surface area (Å²) in [6.07, 6.45) is 7.34. The number of ether oxygens (including phenoxy) is 2. The van der Waals surface area contributed by atoms with Crippen molar-refractivity contribution in [2.45, 2.75) is 57.1 Å². The second kappa shape index (κ2) is 5.88. The fourth-order valence-corrected chi connectivity index (χ4v) is 3.95. The van der Waals surface area contributed by atoms with Gasteiger partial charge in [0.25, 0.3) is 0 Å². The van der Waals surface area contributed by atoms with Gasteiger partial charge in [0.2, 0.25) is 0 Å². The van der Waals surface area contributed by atoms with Gasteiger partial charge in [0.1, 0.15) is 17.1 Å². The lowest BCUT2D eigenvalue weighted by Gasteiger charge is -2.46. The summed E-state index contributed by atoms with van der Waals surface area (Å²) in [4.78, 5) is 0. The van der Waals surface area contributed by atoms with E-state index < -0.39 is 0 Å². The van der Waals surface area contributed by atoms with Gasteiger partial charge < -0.3 is 14.8 Å². The molecule has 1 aromatic carbocycles. The largest absolute Gasteiger partial charge is 0.497 e. The van der Waals surface area contributed by atoms with Gasteiger partial charge in [-0.05, 0) is 44.7 Å². The Morgan fingerprint density at radius 3 is 2.71 bits per heavy atom. The van der Waals surface area contributed by atoms with E-state index in [1.54, 1.807) is 7.11 Å². The van der Waals surface area contributed by atoms with Crippen LogP contribution in [0.25, 0.3) is 0 Å². The second-order valence-electron chi connectivity index (χ2n) is 6.59. The van der Waals surface area contributed by atoms with Crippen molar-refractivity contribution < 1.29 is 9.47 Å². The highest BCUT2D eigenvalue weighted by Crippen LogP contribution is 2.48. The van der Waals surface area contributed by atoms with Crippen molar-refractivity contribution in [3.8, 4) is 11.5 Å². The fraction of sp³-hybridized carbons (Fsp3) is 0.667. The van der Waals surface area contributed by atoms with E-state index in [1.165, 1.54) is 37.7 Å². The lowest BCUT2D eigenvalue weighted by atomic mass is 9.73. The molecule has 1 heterocycles. The first kappa shape index (κ1) is 14.7. The quantitative estimate of drug-likeness (QED) is 0.909. The van der Waals surface area contributed by atoms with Crippen LogP contribution in [0.4, 0.5) is 0 Å². The van der Waals surface area contributed by atoms with Crippen molar-refractivity contribution >= 4 is 0 Å². The van der Waals surface area contributed by atoms with Crippen LogP contribution in [0.2, 0.25) is 0 Å². The third-order valence-electron chi connectivity index (χ3n) is 5.44. The minimum Gasteiger partial charge on any atom is -0.497 e. The van der Waals surface area contributed by atoms with Gasteiger partial charge in [-0.15, -0.1) is 0 Å². The van der Waals surface area contributed by atoms with Crippen LogP contribution in [0, 0.1) is 5.92 Å². The van der Waals surface area contributed by atoms with Gasteiger partial charge in [0.15, 0.2) is 0 Å². The van der Waals surface area contributed by atoms with Gasteiger partial charge in [-0.3, -0.25) is 0 Å². The van der Waals surface area contributed by atoms with Crippen LogP contribution in [0.3, 0.4) is 0 Å². The molecule has 2 aliphatic rings. The Morgan fingerprint density at radius 1 is 1.33 bits per heavy atom. The Bertz CT molecular complexity index is 492. The molecule has 1 atom stereocenters. The maximum absolute atomic E-state index is 6.51. The Balaban J connectivity index is 1.87. The number of methoxy groups -OCH3 is 1. The van der Waals surface area contributed by atoms with Gasteiger partial charge in [0, 0.05) is 24.1 Å². The van der Waals surface area contributed by atoms with E-state index in [0.717, 1.165) is 23.8 Å². The highest BCUT2D eigenvalue weighted by atomic mass is 16.5. The minimum absolute atomic E-state index is 0.0265. The van der Waals surface area contributed by atoms with Crippen LogP contribution in [-0.4, -0.2) is 19.8 Å². The predicted octanol–water partition coefficient (Wildman–Crippen LogP) is 4.08. The molecule has 3 nitrogen and oxygen atoms in total. The molecule has 3 heteroatoms. The lowest BCUT2D eigenvalue weighted by molar-refractivity contribution is -0.0144. The molecule has 1 spiro atoms. The summed E-state index contributed by atoms with van der Waals surface area (Å²) in [5, 5.41) is 3.47. The molecule has 0 aromatic heterocycles. The molecular weight excluding hydrogens is 262 g/mol. The summed E-state index contributed by atoms with van der Waals surface area (Å²) in [6, 6.07) is 6.60. The molecular formula is C18H27NO2. The minimum atomic E-state index is 0.0265. The molecule has 1 fully saturated rings. The average molecular weight is 289 g/mol. The molecule has 1 N–H and O–H groups in total. The zero-order valence-electron chi connectivity index (χ0n) is 13.4. The van der Waals surface area contributed by atoms with Crippen molar-refractivity contribution in [3.63, 3.8) is 0 Å². The number of fused-ring (bicyclic) bond motifs is 1. The molecule has 116 valence electrons. The summed E-state index contributed by atoms with van der Waals surface area (Å²) >= 11 is 0. The molecule has 1 aliphatic heterocycles. The van der Waals surface area contributed by atoms with E-state index in [9.17, 15) is 0 Å². The predicted molar refractivity (Wildman–Crippen MR) is 85.0 cm³/mol. The van der Waals surface area contributed by atoms with Gasteiger partial charge in [-0.2, -0.15) is 0 Å². The summed E-state index contributed by atoms with van der Waals surface area (Å²) < 4.78 is 11.9. The maximum Gasteiger partial charge on any atom is 0.128 e. The van der Waals surface area contributed by atoms with E-state index in [0.29, 0.717) is 6.04 Å². The van der Waals surface area contributed by atoms with Gasteiger partial charge >= 0.3 is 0 Å². The topological polar surface area (TPSA) is 30.5 Å². The van der Waals surface area contributed by atoms with E-state index in [1.807, 2.05) is 12.1 Å². The first-order valence-corrected chi connectivity index (χ1v) is 8.24. The Kier molecular flexibility index (Phi) is 4.12. The van der Waals surface area contributed by atoms with E-state index in [-0.39, 0.29) is 5.60 Å². The van der Waals surface area contributed by atoms with Crippen molar-refractivity contribution in [1.82, 2.24) is 5.32 Å². The van der Waals surface area contributed by atoms with Crippen molar-refractivity contribution in [2.24, 2.45) is 5.92 Å². The molecule has 0 radical (unpaired) electrons. The first-order valence-electron chi connectivity index (χ1n) is 8.24. The van der Waals surface area contributed by atoms with Crippen LogP contribution in [0.15, 0.2) is 18.2 Å². The highest BCUT2D eigenvalue weighted by molar-refractivity contribution is 5.44. The van der Waals surface area contributed by atoms with Crippen LogP contribution in [0.5, 0.6) is 11.5 Å². The highest BCUT2D eigenvalue weighted by Gasteiger charge is 2.43. The second-order valence-corrected chi connectivity index (χ2v) is 6.59. The molecule has 1 aliphatic carbocycles. The standard InChI is InChI=1S/C18H27NO2/c1-4-13-7-9-18(10-8-13)12-16(19-2)15-6-5-14(20-3)11-17(15)21-18/h5-6,11,13,16,19H,4,7-10,12H2,1-3H3. The molecule has 1 unspecified atom stereocenters. The van der Waals surface area contributed by atoms with E-state index in [4.69, 9.17) is 9.47 Å². The third-order valence-corrected chi connectivity index (χ3v) is 5.44. The zero-order chi connectivity index (χ0) is 14.9. The van der Waals surface area contributed by atoms with Crippen molar-refractivity contribution in [1.29, 1.82) is 0 Å². The zero-order valence-corrected chi connectivity index (χ0v) is 13.4. The molecule has 0 saturated heterocycles. The van der Waals surface area contributed by atoms with Gasteiger partial charge in [-0.25, -0.2) is 0 Å². The first-order chi connectivity index (χ1) is 10.2. The SMILES string of the molecule is CCC1CCC2(CC1)CC(NC)c1ccc(OC)cc1O2. The van der Waals surface area contributed by atoms with Crippen LogP contribution >= 0.6 is 0 Å². The van der Waals surface area contributed by atoms with Crippen LogP contribution in [-0.2, 0) is 0 Å². The summed E-state index contributed by atoms with van der Waals surface area (Å²) in [5.74, 6) is 2.77. The Hall–Kier alpha value is -1.22. The summed E-state index contributed by atoms with van der Waals surface area (Å²) in [6.45, 7) is 2.31. The van der Waals surface area contributed by atoms with Gasteiger partial charge in [-0.1, -0.05) is 19.4 Å². The molecule has 1 aromatic rings. The van der Waals surface area contributed by atoms with Crippen molar-refractivity contribution in [2.75, 3.05) is 14.2 Å². The Labute approximate surface area is 128 Å². The van der Waals surface area contributed by atoms with Crippen LogP contribution < -0.4 is 14.8 Å². The molecule has 1 saturated carbocycles. The van der Waals surface area contributed by atoms with Crippen molar-refractivity contribution in [3.05, 3.63) is 23.8 Å². The summed E-state index contributed by atoms with van der Waals surface area (Å²) in [5.41, 5.74) is 1.29. The number of hydrogen-bond donors (Lipinski definition) is 1. The average Bonchev–Trinajstić information content (AvgIpc) is 2.54. The molecule has 3 rings (SSSR count). The monoisotopic (exact) mass is 289 g/mol. The number of nitrogens with one attached hydrogen (secondary N) is 1. The third kappa shape index (κ3) is 2.76. The fourth-order valence-electron chi connectivity index (χ4n) is 3.95. The van der Waals surface area contributed by atoms with E-state index >= 15 is 0 Å². The number of benzene rings is 1. The smallest absolute Gasteiger partial charge is 0.128 e. The Morgan fingerprint density at radius 2 is 2.10 bits per heavy atom. The number of rotatable bonds is 3. The normalized spacial score (nSPS) is 31.6. The van der Waals surface area contributed by atoms with Crippen LogP contribution in [0.1, 0.15) is 57.1 Å².